The fourth-order valence-corrected chi connectivity index (χ4v) is 1.38. The molecule has 0 saturated carbocycles. The second-order valence-corrected chi connectivity index (χ2v) is 3.71. The molecule has 0 atom stereocenters. The van der Waals surface area contributed by atoms with Crippen LogP contribution in [0.5, 0.6) is 17.2 Å². The number of phenolic OH excluding ortho intramolecular Hbond substituents is 1. The van der Waals surface area contributed by atoms with E-state index in [9.17, 15) is 19.5 Å². The van der Waals surface area contributed by atoms with Gasteiger partial charge in [0.15, 0.2) is 0 Å². The van der Waals surface area contributed by atoms with Gasteiger partial charge in [-0.2, -0.15) is 0 Å². The first kappa shape index (κ1) is 15.2. The highest BCUT2D eigenvalue weighted by Crippen LogP contribution is 2.35. The Morgan fingerprint density at radius 3 is 1.85 bits per heavy atom. The first-order valence-corrected chi connectivity index (χ1v) is 5.44. The fourth-order valence-electron chi connectivity index (χ4n) is 1.38. The van der Waals surface area contributed by atoms with Gasteiger partial charge in [0.2, 0.25) is 0 Å². The summed E-state index contributed by atoms with van der Waals surface area (Å²) in [6, 6.07) is 2.21. The molecule has 0 fully saturated rings. The zero-order valence-corrected chi connectivity index (χ0v) is 10.7. The molecule has 1 rings (SSSR count). The first-order chi connectivity index (χ1) is 9.29. The lowest BCUT2D eigenvalue weighted by Crippen LogP contribution is -2.07. The molecule has 0 saturated heterocycles. The molecular formula is C13H12O7. The van der Waals surface area contributed by atoms with Crippen LogP contribution in [0.4, 0.5) is 0 Å². The molecule has 106 valence electrons. The number of aliphatic carboxylic acids is 1. The number of ether oxygens (including phenoxy) is 2. The number of hydrogen-bond donors (Lipinski definition) is 2. The monoisotopic (exact) mass is 280 g/mol. The largest absolute Gasteiger partial charge is 0.508 e. The van der Waals surface area contributed by atoms with Gasteiger partial charge < -0.3 is 19.7 Å². The van der Waals surface area contributed by atoms with Crippen molar-refractivity contribution < 1.29 is 34.1 Å². The highest BCUT2D eigenvalue weighted by molar-refractivity contribution is 5.88. The minimum Gasteiger partial charge on any atom is -0.508 e. The van der Waals surface area contributed by atoms with Gasteiger partial charge in [-0.15, -0.1) is 0 Å². The van der Waals surface area contributed by atoms with E-state index in [4.69, 9.17) is 14.6 Å². The normalized spacial score (nSPS) is 10.3. The van der Waals surface area contributed by atoms with E-state index in [0.29, 0.717) is 0 Å². The van der Waals surface area contributed by atoms with E-state index >= 15 is 0 Å². The quantitative estimate of drug-likeness (QED) is 0.486. The van der Waals surface area contributed by atoms with Crippen molar-refractivity contribution in [3.05, 3.63) is 23.8 Å². The number of carbonyl (C=O) groups is 3. The summed E-state index contributed by atoms with van der Waals surface area (Å²) in [5.74, 6) is -3.12. The average Bonchev–Trinajstić information content (AvgIpc) is 2.25. The van der Waals surface area contributed by atoms with E-state index in [-0.39, 0.29) is 22.8 Å². The van der Waals surface area contributed by atoms with Crippen LogP contribution < -0.4 is 9.47 Å². The van der Waals surface area contributed by atoms with Gasteiger partial charge in [-0.05, 0) is 6.08 Å². The first-order valence-electron chi connectivity index (χ1n) is 5.44. The van der Waals surface area contributed by atoms with Crippen LogP contribution in [0.1, 0.15) is 19.4 Å². The Labute approximate surface area is 114 Å². The summed E-state index contributed by atoms with van der Waals surface area (Å²) < 4.78 is 9.69. The maximum atomic E-state index is 11.0. The molecule has 0 spiro atoms. The Morgan fingerprint density at radius 1 is 1.05 bits per heavy atom. The molecule has 1 aromatic rings. The summed E-state index contributed by atoms with van der Waals surface area (Å²) in [6.07, 6.45) is 1.88. The number of esters is 2. The summed E-state index contributed by atoms with van der Waals surface area (Å²) in [5, 5.41) is 18.1. The molecule has 0 amide bonds. The van der Waals surface area contributed by atoms with Crippen LogP contribution in [-0.4, -0.2) is 28.1 Å². The zero-order chi connectivity index (χ0) is 15.3. The minimum absolute atomic E-state index is 0.0515. The highest BCUT2D eigenvalue weighted by atomic mass is 16.5. The molecule has 0 aliphatic rings. The lowest BCUT2D eigenvalue weighted by molar-refractivity contribution is -0.132. The van der Waals surface area contributed by atoms with Crippen molar-refractivity contribution in [2.75, 3.05) is 0 Å². The molecule has 0 aliphatic heterocycles. The topological polar surface area (TPSA) is 110 Å². The molecule has 20 heavy (non-hydrogen) atoms. The molecule has 0 radical (unpaired) electrons. The number of rotatable bonds is 4. The van der Waals surface area contributed by atoms with Crippen LogP contribution in [0.15, 0.2) is 18.2 Å². The summed E-state index contributed by atoms with van der Waals surface area (Å²) in [5.41, 5.74) is 0.0515. The molecule has 0 aromatic heterocycles. The number of benzene rings is 1. The molecule has 7 nitrogen and oxygen atoms in total. The molecular weight excluding hydrogens is 268 g/mol. The molecule has 0 heterocycles. The van der Waals surface area contributed by atoms with Gasteiger partial charge >= 0.3 is 17.9 Å². The van der Waals surface area contributed by atoms with Gasteiger partial charge in [0, 0.05) is 32.1 Å². The molecule has 1 aromatic carbocycles. The van der Waals surface area contributed by atoms with E-state index in [1.807, 2.05) is 0 Å². The van der Waals surface area contributed by atoms with Crippen molar-refractivity contribution in [2.45, 2.75) is 13.8 Å². The van der Waals surface area contributed by atoms with E-state index in [2.05, 4.69) is 0 Å². The minimum atomic E-state index is -1.24. The number of hydrogen-bond acceptors (Lipinski definition) is 6. The fraction of sp³-hybridized carbons (Fsp3) is 0.154. The van der Waals surface area contributed by atoms with Crippen molar-refractivity contribution in [2.24, 2.45) is 0 Å². The third kappa shape index (κ3) is 4.45. The third-order valence-corrected chi connectivity index (χ3v) is 1.99. The number of carboxylic acids is 1. The van der Waals surface area contributed by atoms with Crippen LogP contribution in [-0.2, 0) is 14.4 Å². The Balaban J connectivity index is 3.39. The maximum Gasteiger partial charge on any atom is 0.328 e. The Morgan fingerprint density at radius 2 is 1.50 bits per heavy atom. The molecule has 2 N–H and O–H groups in total. The molecule has 7 heteroatoms. The smallest absolute Gasteiger partial charge is 0.328 e. The highest BCUT2D eigenvalue weighted by Gasteiger charge is 2.15. The zero-order valence-electron chi connectivity index (χ0n) is 10.7. The Bertz CT molecular complexity index is 549. The summed E-state index contributed by atoms with van der Waals surface area (Å²) >= 11 is 0. The van der Waals surface area contributed by atoms with Crippen molar-refractivity contribution in [3.63, 3.8) is 0 Å². The second-order valence-electron chi connectivity index (χ2n) is 3.71. The number of aromatic hydroxyl groups is 1. The van der Waals surface area contributed by atoms with Crippen LogP contribution in [0.2, 0.25) is 0 Å². The SMILES string of the molecule is CC(=O)Oc1cc(O)cc(OC(C)=O)c1/C=C/C(=O)O. The Hall–Kier alpha value is -2.83. The van der Waals surface area contributed by atoms with E-state index < -0.39 is 17.9 Å². The van der Waals surface area contributed by atoms with Crippen LogP contribution >= 0.6 is 0 Å². The average molecular weight is 280 g/mol. The van der Waals surface area contributed by atoms with Crippen LogP contribution in [0.25, 0.3) is 6.08 Å². The number of carboxylic acid groups (broad SMARTS) is 1. The maximum absolute atomic E-state index is 11.0. The predicted molar refractivity (Wildman–Crippen MR) is 67.4 cm³/mol. The van der Waals surface area contributed by atoms with Gasteiger partial charge in [-0.3, -0.25) is 9.59 Å². The van der Waals surface area contributed by atoms with Crippen LogP contribution in [0, 0.1) is 0 Å². The van der Waals surface area contributed by atoms with E-state index in [0.717, 1.165) is 38.1 Å². The van der Waals surface area contributed by atoms with E-state index in [1.165, 1.54) is 0 Å². The standard InChI is InChI=1S/C13H12O7/c1-7(14)19-11-5-9(16)6-12(20-8(2)15)10(11)3-4-13(17)18/h3-6,16H,1-2H3,(H,17,18)/b4-3+. The molecule has 0 aliphatic carbocycles. The van der Waals surface area contributed by atoms with Gasteiger partial charge in [-0.1, -0.05) is 0 Å². The van der Waals surface area contributed by atoms with Gasteiger partial charge in [0.05, 0.1) is 5.56 Å². The lowest BCUT2D eigenvalue weighted by Gasteiger charge is -2.11. The number of phenols is 1. The lowest BCUT2D eigenvalue weighted by atomic mass is 10.1. The van der Waals surface area contributed by atoms with Crippen molar-refractivity contribution in [1.29, 1.82) is 0 Å². The van der Waals surface area contributed by atoms with Gasteiger partial charge in [0.1, 0.15) is 17.2 Å². The van der Waals surface area contributed by atoms with Crippen LogP contribution in [0.3, 0.4) is 0 Å². The summed E-state index contributed by atoms with van der Waals surface area (Å²) in [6.45, 7) is 2.28. The number of carbonyl (C=O) groups excluding carboxylic acids is 2. The molecule has 0 bridgehead atoms. The summed E-state index contributed by atoms with van der Waals surface area (Å²) in [7, 11) is 0. The predicted octanol–water partition coefficient (Wildman–Crippen LogP) is 1.34. The second kappa shape index (κ2) is 6.37. The van der Waals surface area contributed by atoms with Gasteiger partial charge in [-0.25, -0.2) is 4.79 Å². The van der Waals surface area contributed by atoms with Gasteiger partial charge in [0.25, 0.3) is 0 Å². The summed E-state index contributed by atoms with van der Waals surface area (Å²) in [4.78, 5) is 32.5. The molecule has 0 unspecified atom stereocenters. The van der Waals surface area contributed by atoms with Crippen molar-refractivity contribution >= 4 is 24.0 Å². The van der Waals surface area contributed by atoms with E-state index in [1.54, 1.807) is 0 Å². The van der Waals surface area contributed by atoms with Crippen molar-refractivity contribution in [1.82, 2.24) is 0 Å². The Kier molecular flexibility index (Phi) is 4.85. The third-order valence-electron chi connectivity index (χ3n) is 1.99. The van der Waals surface area contributed by atoms with Crippen molar-refractivity contribution in [3.8, 4) is 17.2 Å².